The Morgan fingerprint density at radius 1 is 0.566 bits per heavy atom. The quantitative estimate of drug-likeness (QED) is 0.106. The summed E-state index contributed by atoms with van der Waals surface area (Å²) in [5.41, 5.74) is 5.31. The van der Waals surface area contributed by atoms with E-state index in [9.17, 15) is 4.39 Å². The molecular weight excluding hydrogens is 670 g/mol. The van der Waals surface area contributed by atoms with Gasteiger partial charge in [-0.05, 0) is 75.8 Å². The first-order valence-electron chi connectivity index (χ1n) is 17.9. The summed E-state index contributed by atoms with van der Waals surface area (Å²) in [6.07, 6.45) is -0.825. The number of ether oxygens (including phenoxy) is 5. The minimum Gasteiger partial charge on any atom is -0.457 e. The largest absolute Gasteiger partial charge is 0.457 e. The topological polar surface area (TPSA) is 46.2 Å². The van der Waals surface area contributed by atoms with Crippen molar-refractivity contribution in [1.29, 1.82) is 0 Å². The van der Waals surface area contributed by atoms with Crippen molar-refractivity contribution < 1.29 is 32.5 Å². The maximum atomic E-state index is 16.0. The molecule has 0 aliphatic carbocycles. The average Bonchev–Trinajstić information content (AvgIpc) is 3.20. The zero-order chi connectivity index (χ0) is 36.2. The van der Waals surface area contributed by atoms with Crippen LogP contribution in [0.25, 0.3) is 0 Å². The monoisotopic (exact) mass is 712 g/mol. The van der Waals surface area contributed by atoms with Crippen LogP contribution in [0.15, 0.2) is 158 Å². The lowest BCUT2D eigenvalue weighted by Crippen LogP contribution is -2.47. The van der Waals surface area contributed by atoms with Gasteiger partial charge in [-0.25, -0.2) is 8.78 Å². The van der Waals surface area contributed by atoms with Crippen LogP contribution in [0, 0.1) is 11.6 Å². The zero-order valence-electron chi connectivity index (χ0n) is 29.4. The van der Waals surface area contributed by atoms with Gasteiger partial charge in [0.15, 0.2) is 0 Å². The number of hydrogen-bond acceptors (Lipinski definition) is 5. The van der Waals surface area contributed by atoms with Crippen molar-refractivity contribution in [2.75, 3.05) is 6.61 Å². The van der Waals surface area contributed by atoms with Gasteiger partial charge in [0.25, 0.3) is 0 Å². The van der Waals surface area contributed by atoms with Crippen LogP contribution in [0.5, 0.6) is 11.5 Å². The molecule has 0 radical (unpaired) electrons. The molecule has 53 heavy (non-hydrogen) atoms. The van der Waals surface area contributed by atoms with Gasteiger partial charge in [0.1, 0.15) is 35.3 Å². The highest BCUT2D eigenvalue weighted by Crippen LogP contribution is 2.37. The van der Waals surface area contributed by atoms with Gasteiger partial charge >= 0.3 is 0 Å². The Kier molecular flexibility index (Phi) is 12.3. The summed E-state index contributed by atoms with van der Waals surface area (Å²) >= 11 is 0. The van der Waals surface area contributed by atoms with Crippen LogP contribution in [0.2, 0.25) is 0 Å². The third kappa shape index (κ3) is 10.2. The molecular formula is C46H42F2O5. The predicted octanol–water partition coefficient (Wildman–Crippen LogP) is 10.6. The second-order valence-corrected chi connectivity index (χ2v) is 13.2. The minimum atomic E-state index is -0.606. The smallest absolute Gasteiger partial charge is 0.127 e. The van der Waals surface area contributed by atoms with Gasteiger partial charge < -0.3 is 23.7 Å². The highest BCUT2D eigenvalue weighted by Gasteiger charge is 2.41. The molecule has 0 spiro atoms. The first-order valence-corrected chi connectivity index (χ1v) is 17.9. The Morgan fingerprint density at radius 2 is 1.13 bits per heavy atom. The van der Waals surface area contributed by atoms with Crippen LogP contribution >= 0.6 is 0 Å². The number of hydrogen-bond donors (Lipinski definition) is 0. The van der Waals surface area contributed by atoms with E-state index in [4.69, 9.17) is 23.7 Å². The molecule has 6 aromatic carbocycles. The molecule has 1 heterocycles. The first-order chi connectivity index (χ1) is 26.1. The maximum Gasteiger partial charge on any atom is 0.127 e. The zero-order valence-corrected chi connectivity index (χ0v) is 29.4. The van der Waals surface area contributed by atoms with Crippen molar-refractivity contribution in [2.45, 2.75) is 57.1 Å². The molecule has 4 atom stereocenters. The van der Waals surface area contributed by atoms with E-state index in [-0.39, 0.29) is 23.8 Å². The van der Waals surface area contributed by atoms with E-state index in [1.54, 1.807) is 18.2 Å². The summed E-state index contributed by atoms with van der Waals surface area (Å²) in [5, 5.41) is 0. The van der Waals surface area contributed by atoms with Gasteiger partial charge in [-0.3, -0.25) is 0 Å². The van der Waals surface area contributed by atoms with E-state index in [2.05, 4.69) is 0 Å². The highest BCUT2D eigenvalue weighted by molar-refractivity contribution is 5.37. The van der Waals surface area contributed by atoms with Gasteiger partial charge in [-0.2, -0.15) is 0 Å². The van der Waals surface area contributed by atoms with Crippen molar-refractivity contribution in [3.05, 3.63) is 203 Å². The van der Waals surface area contributed by atoms with Crippen LogP contribution in [-0.2, 0) is 45.2 Å². The van der Waals surface area contributed by atoms with Gasteiger partial charge in [-0.15, -0.1) is 0 Å². The Balaban J connectivity index is 1.10. The van der Waals surface area contributed by atoms with Gasteiger partial charge in [0.2, 0.25) is 0 Å². The normalized spacial score (nSPS) is 18.5. The number of halogens is 2. The van der Waals surface area contributed by atoms with Crippen LogP contribution in [-0.4, -0.2) is 24.9 Å². The van der Waals surface area contributed by atoms with Gasteiger partial charge in [-0.1, -0.05) is 115 Å². The number of rotatable bonds is 15. The van der Waals surface area contributed by atoms with Crippen molar-refractivity contribution in [3.8, 4) is 11.5 Å². The van der Waals surface area contributed by atoms with Gasteiger partial charge in [0, 0.05) is 12.8 Å². The molecule has 6 aromatic rings. The Morgan fingerprint density at radius 3 is 1.74 bits per heavy atom. The molecule has 5 nitrogen and oxygen atoms in total. The molecule has 1 saturated heterocycles. The Hall–Kier alpha value is -5.18. The van der Waals surface area contributed by atoms with E-state index < -0.39 is 12.2 Å². The van der Waals surface area contributed by atoms with Gasteiger partial charge in [0.05, 0.1) is 38.6 Å². The van der Waals surface area contributed by atoms with Crippen LogP contribution in [0.4, 0.5) is 8.78 Å². The molecule has 0 aromatic heterocycles. The molecule has 0 bridgehead atoms. The lowest BCUT2D eigenvalue weighted by Gasteiger charge is -2.42. The van der Waals surface area contributed by atoms with Crippen molar-refractivity contribution >= 4 is 0 Å². The maximum absolute atomic E-state index is 16.0. The SMILES string of the molecule is Fc1ccc(Oc2ccc(Cc3ccc([C@@H]4OC(COCc5ccccc5)C[C@H](OCc5ccccc5)[C@@H]4OCc4ccccc4)cc3F)cc2)cc1. The number of benzene rings is 6. The lowest BCUT2D eigenvalue weighted by atomic mass is 9.91. The summed E-state index contributed by atoms with van der Waals surface area (Å²) < 4.78 is 61.3. The van der Waals surface area contributed by atoms with E-state index in [0.717, 1.165) is 22.3 Å². The average molecular weight is 713 g/mol. The second-order valence-electron chi connectivity index (χ2n) is 13.2. The second kappa shape index (κ2) is 18.0. The molecule has 7 heteroatoms. The Bertz CT molecular complexity index is 1990. The molecule has 270 valence electrons. The molecule has 1 fully saturated rings. The molecule has 0 amide bonds. The lowest BCUT2D eigenvalue weighted by molar-refractivity contribution is -0.219. The fourth-order valence-corrected chi connectivity index (χ4v) is 6.51. The Labute approximate surface area is 309 Å². The summed E-state index contributed by atoms with van der Waals surface area (Å²) in [4.78, 5) is 0. The summed E-state index contributed by atoms with van der Waals surface area (Å²) in [6.45, 7) is 1.57. The summed E-state index contributed by atoms with van der Waals surface area (Å²) in [6, 6.07) is 48.7. The van der Waals surface area contributed by atoms with E-state index >= 15 is 4.39 Å². The van der Waals surface area contributed by atoms with Crippen molar-refractivity contribution in [2.24, 2.45) is 0 Å². The summed E-state index contributed by atoms with van der Waals surface area (Å²) in [7, 11) is 0. The predicted molar refractivity (Wildman–Crippen MR) is 200 cm³/mol. The molecule has 1 unspecified atom stereocenters. The standard InChI is InChI=1S/C46H42F2O5/c47-39-20-24-41(25-21-39)52-40-22-16-33(17-23-40)26-37-18-19-38(27-43(37)48)45-46(51-31-36-14-8-3-9-15-36)44(50-30-35-12-6-2-7-13-35)28-42(53-45)32-49-29-34-10-4-1-5-11-34/h1-25,27,42,44-46H,26,28-32H2/t42?,44-,45-,46-/m0/s1. The van der Waals surface area contributed by atoms with Crippen LogP contribution in [0.1, 0.15) is 45.9 Å². The minimum absolute atomic E-state index is 0.306. The first kappa shape index (κ1) is 36.2. The molecule has 0 N–H and O–H groups in total. The van der Waals surface area contributed by atoms with Crippen molar-refractivity contribution in [3.63, 3.8) is 0 Å². The summed E-state index contributed by atoms with van der Waals surface area (Å²) in [5.74, 6) is 0.492. The molecule has 1 aliphatic rings. The fourth-order valence-electron chi connectivity index (χ4n) is 6.51. The highest BCUT2D eigenvalue weighted by atomic mass is 19.1. The fraction of sp³-hybridized carbons (Fsp3) is 0.217. The van der Waals surface area contributed by atoms with E-state index in [1.165, 1.54) is 12.1 Å². The molecule has 0 saturated carbocycles. The molecule has 7 rings (SSSR count). The van der Waals surface area contributed by atoms with Crippen LogP contribution in [0.3, 0.4) is 0 Å². The third-order valence-corrected chi connectivity index (χ3v) is 9.28. The van der Waals surface area contributed by atoms with E-state index in [0.29, 0.717) is 61.9 Å². The van der Waals surface area contributed by atoms with Crippen LogP contribution < -0.4 is 4.74 Å². The third-order valence-electron chi connectivity index (χ3n) is 9.28. The molecule has 1 aliphatic heterocycles. The van der Waals surface area contributed by atoms with Crippen molar-refractivity contribution in [1.82, 2.24) is 0 Å². The van der Waals surface area contributed by atoms with E-state index in [1.807, 2.05) is 127 Å².